The molecule has 0 spiro atoms. The number of imide groups is 1. The highest BCUT2D eigenvalue weighted by molar-refractivity contribution is 6.31. The number of carbonyl (C=O) groups is 2. The average molecular weight is 348 g/mol. The van der Waals surface area contributed by atoms with Crippen LogP contribution in [0.5, 0.6) is 0 Å². The van der Waals surface area contributed by atoms with E-state index in [4.69, 9.17) is 11.6 Å². The second-order valence-corrected chi connectivity index (χ2v) is 6.41. The summed E-state index contributed by atoms with van der Waals surface area (Å²) in [7, 11) is 1.80. The molecule has 1 aliphatic heterocycles. The summed E-state index contributed by atoms with van der Waals surface area (Å²) < 4.78 is 1.66. The Hall–Kier alpha value is -2.18. The van der Waals surface area contributed by atoms with Gasteiger partial charge in [-0.2, -0.15) is 5.10 Å². The second-order valence-electron chi connectivity index (χ2n) is 6.01. The molecule has 1 N–H and O–H groups in total. The lowest BCUT2D eigenvalue weighted by atomic mass is 10.0. The zero-order chi connectivity index (χ0) is 17.3. The Morgan fingerprint density at radius 2 is 2.12 bits per heavy atom. The van der Waals surface area contributed by atoms with Crippen LogP contribution >= 0.6 is 11.6 Å². The number of aryl methyl sites for hydroxylation is 1. The molecule has 24 heavy (non-hydrogen) atoms. The molecule has 0 saturated carbocycles. The van der Waals surface area contributed by atoms with Gasteiger partial charge >= 0.3 is 0 Å². The van der Waals surface area contributed by atoms with Crippen LogP contribution in [0.25, 0.3) is 0 Å². The van der Waals surface area contributed by atoms with Crippen molar-refractivity contribution in [2.45, 2.75) is 18.9 Å². The molecule has 0 radical (unpaired) electrons. The molecule has 1 fully saturated rings. The first-order valence-corrected chi connectivity index (χ1v) is 8.07. The maximum atomic E-state index is 12.5. The third-order valence-corrected chi connectivity index (χ3v) is 4.54. The monoisotopic (exact) mass is 347 g/mol. The van der Waals surface area contributed by atoms with Gasteiger partial charge in [-0.25, -0.2) is 0 Å². The van der Waals surface area contributed by atoms with Gasteiger partial charge in [0.1, 0.15) is 0 Å². The van der Waals surface area contributed by atoms with E-state index in [9.17, 15) is 14.7 Å². The smallest absolute Gasteiger partial charge is 0.233 e. The Bertz CT molecular complexity index is 774. The third-order valence-electron chi connectivity index (χ3n) is 4.20. The quantitative estimate of drug-likeness (QED) is 0.836. The largest absolute Gasteiger partial charge is 0.386 e. The van der Waals surface area contributed by atoms with Gasteiger partial charge in [-0.3, -0.25) is 19.2 Å². The Kier molecular flexibility index (Phi) is 4.69. The lowest BCUT2D eigenvalue weighted by Gasteiger charge is -2.20. The van der Waals surface area contributed by atoms with Crippen molar-refractivity contribution in [3.63, 3.8) is 0 Å². The number of nitrogens with zero attached hydrogens (tertiary/aromatic N) is 3. The number of amides is 2. The maximum Gasteiger partial charge on any atom is 0.233 e. The fraction of sp³-hybridized carbons (Fsp3) is 0.353. The van der Waals surface area contributed by atoms with Gasteiger partial charge in [-0.05, 0) is 18.1 Å². The number of aliphatic hydroxyl groups excluding tert-OH is 1. The van der Waals surface area contributed by atoms with Gasteiger partial charge in [0.25, 0.3) is 0 Å². The first-order valence-electron chi connectivity index (χ1n) is 7.70. The van der Waals surface area contributed by atoms with Crippen LogP contribution in [-0.4, -0.2) is 38.1 Å². The van der Waals surface area contributed by atoms with Crippen LogP contribution in [-0.2, 0) is 23.1 Å². The fourth-order valence-electron chi connectivity index (χ4n) is 2.98. The Morgan fingerprint density at radius 3 is 2.79 bits per heavy atom. The van der Waals surface area contributed by atoms with E-state index in [1.807, 2.05) is 6.20 Å². The second kappa shape index (κ2) is 6.75. The minimum atomic E-state index is -0.997. The van der Waals surface area contributed by atoms with Crippen LogP contribution in [0.1, 0.15) is 23.7 Å². The molecule has 2 aromatic rings. The normalized spacial score (nSPS) is 19.1. The number of hydrogen-bond acceptors (Lipinski definition) is 4. The SMILES string of the molecule is Cn1cc(C[C@H]2CC(=O)N(C[C@H](O)c3ccccc3Cl)C2=O)cn1. The van der Waals surface area contributed by atoms with Crippen LogP contribution in [0.4, 0.5) is 0 Å². The summed E-state index contributed by atoms with van der Waals surface area (Å²) in [5.41, 5.74) is 1.42. The van der Waals surface area contributed by atoms with Crippen molar-refractivity contribution in [2.75, 3.05) is 6.54 Å². The van der Waals surface area contributed by atoms with Crippen LogP contribution < -0.4 is 0 Å². The van der Waals surface area contributed by atoms with E-state index in [0.717, 1.165) is 10.5 Å². The fourth-order valence-corrected chi connectivity index (χ4v) is 3.24. The first-order chi connectivity index (χ1) is 11.5. The van der Waals surface area contributed by atoms with Crippen molar-refractivity contribution >= 4 is 23.4 Å². The molecule has 2 heterocycles. The molecule has 1 saturated heterocycles. The van der Waals surface area contributed by atoms with E-state index in [2.05, 4.69) is 5.10 Å². The summed E-state index contributed by atoms with van der Waals surface area (Å²) in [6.07, 6.45) is 3.15. The molecule has 2 amide bonds. The summed E-state index contributed by atoms with van der Waals surface area (Å²) >= 11 is 6.06. The van der Waals surface area contributed by atoms with Crippen molar-refractivity contribution in [1.29, 1.82) is 0 Å². The number of likely N-dealkylation sites (tertiary alicyclic amines) is 1. The molecular formula is C17H18ClN3O3. The lowest BCUT2D eigenvalue weighted by molar-refractivity contribution is -0.141. The molecule has 6 nitrogen and oxygen atoms in total. The molecule has 1 aromatic carbocycles. The van der Waals surface area contributed by atoms with Gasteiger partial charge in [-0.15, -0.1) is 0 Å². The minimum Gasteiger partial charge on any atom is -0.386 e. The van der Waals surface area contributed by atoms with Crippen LogP contribution in [0.3, 0.4) is 0 Å². The van der Waals surface area contributed by atoms with Crippen LogP contribution in [0.15, 0.2) is 36.7 Å². The third kappa shape index (κ3) is 3.34. The number of benzene rings is 1. The number of aromatic nitrogens is 2. The molecule has 2 atom stereocenters. The average Bonchev–Trinajstić information content (AvgIpc) is 3.06. The molecule has 7 heteroatoms. The highest BCUT2D eigenvalue weighted by Gasteiger charge is 2.39. The number of carbonyl (C=O) groups excluding carboxylic acids is 2. The van der Waals surface area contributed by atoms with Crippen molar-refractivity contribution in [2.24, 2.45) is 13.0 Å². The summed E-state index contributed by atoms with van der Waals surface area (Å²) in [6, 6.07) is 6.86. The first kappa shape index (κ1) is 16.7. The van der Waals surface area contributed by atoms with Crippen molar-refractivity contribution in [1.82, 2.24) is 14.7 Å². The van der Waals surface area contributed by atoms with Gasteiger partial charge in [0.15, 0.2) is 0 Å². The van der Waals surface area contributed by atoms with Gasteiger partial charge in [0.2, 0.25) is 11.8 Å². The van der Waals surface area contributed by atoms with Crippen molar-refractivity contribution in [3.05, 3.63) is 52.8 Å². The number of hydrogen-bond donors (Lipinski definition) is 1. The molecule has 126 valence electrons. The predicted molar refractivity (Wildman–Crippen MR) is 88.2 cm³/mol. The molecule has 1 aromatic heterocycles. The van der Waals surface area contributed by atoms with Crippen molar-refractivity contribution in [3.8, 4) is 0 Å². The molecule has 0 aliphatic carbocycles. The van der Waals surface area contributed by atoms with E-state index < -0.39 is 12.0 Å². The zero-order valence-corrected chi connectivity index (χ0v) is 14.0. The lowest BCUT2D eigenvalue weighted by Crippen LogP contribution is -2.35. The topological polar surface area (TPSA) is 75.4 Å². The van der Waals surface area contributed by atoms with E-state index in [-0.39, 0.29) is 24.8 Å². The summed E-state index contributed by atoms with van der Waals surface area (Å²) in [6.45, 7) is -0.0784. The van der Waals surface area contributed by atoms with Gasteiger partial charge in [0.05, 0.1) is 24.8 Å². The van der Waals surface area contributed by atoms with Gasteiger partial charge in [0, 0.05) is 30.3 Å². The summed E-state index contributed by atoms with van der Waals surface area (Å²) in [5, 5.41) is 14.8. The maximum absolute atomic E-state index is 12.5. The van der Waals surface area contributed by atoms with E-state index in [0.29, 0.717) is 17.0 Å². The summed E-state index contributed by atoms with van der Waals surface area (Å²) in [4.78, 5) is 25.8. The van der Waals surface area contributed by atoms with Crippen LogP contribution in [0.2, 0.25) is 5.02 Å². The predicted octanol–water partition coefficient (Wildman–Crippen LogP) is 1.72. The molecule has 0 unspecified atom stereocenters. The zero-order valence-electron chi connectivity index (χ0n) is 13.2. The number of aliphatic hydroxyl groups is 1. The Balaban J connectivity index is 1.69. The number of halogens is 1. The van der Waals surface area contributed by atoms with E-state index in [1.165, 1.54) is 0 Å². The molecular weight excluding hydrogens is 330 g/mol. The number of β-amino-alcohol motifs (C(OH)–C–C–N with tert-alkyl or cyclic N) is 1. The molecule has 0 bridgehead atoms. The highest BCUT2D eigenvalue weighted by Crippen LogP contribution is 2.28. The van der Waals surface area contributed by atoms with Crippen molar-refractivity contribution < 1.29 is 14.7 Å². The molecule has 3 rings (SSSR count). The summed E-state index contributed by atoms with van der Waals surface area (Å²) in [5.74, 6) is -0.921. The van der Waals surface area contributed by atoms with E-state index >= 15 is 0 Å². The van der Waals surface area contributed by atoms with Crippen LogP contribution in [0, 0.1) is 5.92 Å². The minimum absolute atomic E-state index is 0.0784. The van der Waals surface area contributed by atoms with Gasteiger partial charge < -0.3 is 5.11 Å². The standard InChI is InChI=1S/C17H18ClN3O3/c1-20-9-11(8-19-20)6-12-7-16(23)21(17(12)24)10-15(22)13-4-2-3-5-14(13)18/h2-5,8-9,12,15,22H,6-7,10H2,1H3/t12-,15-/m0/s1. The van der Waals surface area contributed by atoms with E-state index in [1.54, 1.807) is 42.2 Å². The number of rotatable bonds is 5. The molecule has 1 aliphatic rings. The highest BCUT2D eigenvalue weighted by atomic mass is 35.5. The Morgan fingerprint density at radius 1 is 1.38 bits per heavy atom. The Labute approximate surface area is 144 Å². The van der Waals surface area contributed by atoms with Gasteiger partial charge in [-0.1, -0.05) is 29.8 Å².